The van der Waals surface area contributed by atoms with E-state index in [-0.39, 0.29) is 0 Å². The molecule has 0 radical (unpaired) electrons. The molecule has 0 fully saturated rings. The van der Waals surface area contributed by atoms with Crippen LogP contribution in [0.3, 0.4) is 0 Å². The molecule has 0 amide bonds. The number of halogens is 6. The molecule has 2 heterocycles. The Morgan fingerprint density at radius 1 is 0.577 bits per heavy atom. The molecule has 0 aliphatic rings. The maximum atomic E-state index is 12.6. The molecule has 0 aliphatic heterocycles. The van der Waals surface area contributed by atoms with Crippen molar-refractivity contribution in [2.24, 2.45) is 10.2 Å². The van der Waals surface area contributed by atoms with Crippen LogP contribution >= 0.6 is 45.2 Å². The second-order valence-corrected chi connectivity index (χ2v) is 6.65. The van der Waals surface area contributed by atoms with E-state index in [1.807, 2.05) is 0 Å². The van der Waals surface area contributed by atoms with Gasteiger partial charge >= 0.3 is 0 Å². The third-order valence-corrected chi connectivity index (χ3v) is 4.66. The Balaban J connectivity index is 0.000000190. The molecule has 0 saturated carbocycles. The van der Waals surface area contributed by atoms with Crippen molar-refractivity contribution in [1.82, 2.24) is 9.97 Å². The highest BCUT2D eigenvalue weighted by molar-refractivity contribution is 14.1. The quantitative estimate of drug-likeness (QED) is 0.116. The molecule has 1 aromatic carbocycles. The predicted molar refractivity (Wildman–Crippen MR) is 104 cm³/mol. The standard InChI is InChI=1S/C10H8N4.C6F4I2/c1-5-11-6-2-9(1)13-14-10-3-7-12-8-4-10;7-1-2(8)6(12)4(10)3(9)5(1)11/h1-8H;. The first-order valence-corrected chi connectivity index (χ1v) is 8.96. The number of benzene rings is 1. The van der Waals surface area contributed by atoms with Crippen LogP contribution < -0.4 is 0 Å². The summed E-state index contributed by atoms with van der Waals surface area (Å²) in [6.45, 7) is 0. The number of pyridine rings is 2. The van der Waals surface area contributed by atoms with Crippen molar-refractivity contribution in [2.75, 3.05) is 0 Å². The lowest BCUT2D eigenvalue weighted by molar-refractivity contribution is 0.437. The molecule has 0 atom stereocenters. The molecule has 0 spiro atoms. The van der Waals surface area contributed by atoms with Crippen LogP contribution in [0.1, 0.15) is 0 Å². The first kappa shape index (κ1) is 20.6. The fourth-order valence-electron chi connectivity index (χ4n) is 1.52. The number of hydrogen-bond acceptors (Lipinski definition) is 4. The Kier molecular flexibility index (Phi) is 7.81. The summed E-state index contributed by atoms with van der Waals surface area (Å²) < 4.78 is 49.2. The molecule has 26 heavy (non-hydrogen) atoms. The Morgan fingerprint density at radius 3 is 1.12 bits per heavy atom. The van der Waals surface area contributed by atoms with Gasteiger partial charge in [0.25, 0.3) is 0 Å². The minimum absolute atomic E-state index is 0.664. The summed E-state index contributed by atoms with van der Waals surface area (Å²) in [5, 5.41) is 8.07. The maximum Gasteiger partial charge on any atom is 0.176 e. The first-order chi connectivity index (χ1) is 12.4. The molecule has 2 aromatic heterocycles. The van der Waals surface area contributed by atoms with Crippen LogP contribution in [0, 0.1) is 30.4 Å². The van der Waals surface area contributed by atoms with Crippen LogP contribution in [0.25, 0.3) is 0 Å². The number of rotatable bonds is 2. The highest BCUT2D eigenvalue weighted by Gasteiger charge is 2.21. The molecule has 0 aliphatic carbocycles. The van der Waals surface area contributed by atoms with Crippen LogP contribution in [0.4, 0.5) is 28.9 Å². The number of aromatic nitrogens is 2. The maximum absolute atomic E-state index is 12.6. The smallest absolute Gasteiger partial charge is 0.176 e. The van der Waals surface area contributed by atoms with E-state index in [1.54, 1.807) is 49.1 Å². The normalized spacial score (nSPS) is 10.5. The summed E-state index contributed by atoms with van der Waals surface area (Å²) in [6.07, 6.45) is 6.73. The molecule has 0 saturated heterocycles. The summed E-state index contributed by atoms with van der Waals surface area (Å²) in [7, 11) is 0. The summed E-state index contributed by atoms with van der Waals surface area (Å²) in [5.41, 5.74) is 1.58. The highest BCUT2D eigenvalue weighted by atomic mass is 127. The lowest BCUT2D eigenvalue weighted by Crippen LogP contribution is -2.02. The molecular weight excluding hydrogens is 578 g/mol. The van der Waals surface area contributed by atoms with E-state index in [0.29, 0.717) is 0 Å². The van der Waals surface area contributed by atoms with Gasteiger partial charge in [0.05, 0.1) is 18.5 Å². The van der Waals surface area contributed by atoms with Crippen molar-refractivity contribution in [1.29, 1.82) is 0 Å². The van der Waals surface area contributed by atoms with E-state index in [2.05, 4.69) is 20.2 Å². The fraction of sp³-hybridized carbons (Fsp3) is 0. The molecule has 3 rings (SSSR count). The topological polar surface area (TPSA) is 50.5 Å². The van der Waals surface area contributed by atoms with Gasteiger partial charge in [0, 0.05) is 24.8 Å². The molecule has 134 valence electrons. The molecule has 10 heteroatoms. The zero-order chi connectivity index (χ0) is 19.1. The summed E-state index contributed by atoms with van der Waals surface area (Å²) in [4.78, 5) is 7.78. The molecule has 0 bridgehead atoms. The Labute approximate surface area is 173 Å². The van der Waals surface area contributed by atoms with Crippen LogP contribution in [0.5, 0.6) is 0 Å². The average molecular weight is 586 g/mol. The van der Waals surface area contributed by atoms with Gasteiger partial charge in [-0.2, -0.15) is 10.2 Å². The second kappa shape index (κ2) is 9.85. The van der Waals surface area contributed by atoms with Gasteiger partial charge in [-0.15, -0.1) is 0 Å². The number of hydrogen-bond donors (Lipinski definition) is 0. The zero-order valence-corrected chi connectivity index (χ0v) is 17.0. The van der Waals surface area contributed by atoms with Gasteiger partial charge in [-0.1, -0.05) is 0 Å². The molecule has 4 nitrogen and oxygen atoms in total. The lowest BCUT2D eigenvalue weighted by atomic mass is 10.3. The summed E-state index contributed by atoms with van der Waals surface area (Å²) in [5.74, 6) is -5.39. The van der Waals surface area contributed by atoms with Gasteiger partial charge < -0.3 is 0 Å². The molecular formula is C16H8F4I2N4. The van der Waals surface area contributed by atoms with E-state index < -0.39 is 30.4 Å². The Hall–Kier alpha value is -1.70. The lowest BCUT2D eigenvalue weighted by Gasteiger charge is -2.02. The summed E-state index contributed by atoms with van der Waals surface area (Å²) in [6, 6.07) is 7.19. The molecule has 3 aromatic rings. The van der Waals surface area contributed by atoms with Crippen LogP contribution in [0.15, 0.2) is 59.3 Å². The van der Waals surface area contributed by atoms with Gasteiger partial charge in [0.2, 0.25) is 0 Å². The van der Waals surface area contributed by atoms with Gasteiger partial charge in [-0.3, -0.25) is 9.97 Å². The number of azo groups is 1. The molecule has 0 unspecified atom stereocenters. The van der Waals surface area contributed by atoms with Crippen molar-refractivity contribution in [3.05, 3.63) is 79.5 Å². The van der Waals surface area contributed by atoms with Crippen LogP contribution in [-0.2, 0) is 0 Å². The minimum atomic E-state index is -1.35. The minimum Gasteiger partial charge on any atom is -0.265 e. The Morgan fingerprint density at radius 2 is 0.846 bits per heavy atom. The average Bonchev–Trinajstić information content (AvgIpc) is 2.70. The zero-order valence-electron chi connectivity index (χ0n) is 12.7. The third kappa shape index (κ3) is 5.40. The monoisotopic (exact) mass is 586 g/mol. The van der Waals surface area contributed by atoms with Gasteiger partial charge in [-0.05, 0) is 69.4 Å². The van der Waals surface area contributed by atoms with Gasteiger partial charge in [-0.25, -0.2) is 17.6 Å². The highest BCUT2D eigenvalue weighted by Crippen LogP contribution is 2.26. The second-order valence-electron chi connectivity index (χ2n) is 4.49. The van der Waals surface area contributed by atoms with Crippen molar-refractivity contribution in [3.63, 3.8) is 0 Å². The van der Waals surface area contributed by atoms with Crippen LogP contribution in [0.2, 0.25) is 0 Å². The largest absolute Gasteiger partial charge is 0.265 e. The van der Waals surface area contributed by atoms with Crippen molar-refractivity contribution in [2.45, 2.75) is 0 Å². The van der Waals surface area contributed by atoms with E-state index >= 15 is 0 Å². The fourth-order valence-corrected chi connectivity index (χ4v) is 2.46. The van der Waals surface area contributed by atoms with E-state index in [9.17, 15) is 17.6 Å². The molecule has 0 N–H and O–H groups in total. The van der Waals surface area contributed by atoms with Crippen molar-refractivity contribution < 1.29 is 17.6 Å². The van der Waals surface area contributed by atoms with E-state index in [1.165, 1.54) is 45.2 Å². The SMILES string of the molecule is Fc1c(F)c(I)c(F)c(F)c1I.c1cc(N=Nc2ccncc2)ccn1. The van der Waals surface area contributed by atoms with Crippen molar-refractivity contribution >= 4 is 56.6 Å². The van der Waals surface area contributed by atoms with E-state index in [4.69, 9.17) is 0 Å². The Bertz CT molecular complexity index is 763. The number of nitrogens with zero attached hydrogens (tertiary/aromatic N) is 4. The van der Waals surface area contributed by atoms with Gasteiger partial charge in [0.15, 0.2) is 23.3 Å². The van der Waals surface area contributed by atoms with Crippen LogP contribution in [-0.4, -0.2) is 9.97 Å². The predicted octanol–water partition coefficient (Wildman–Crippen LogP) is 6.34. The third-order valence-electron chi connectivity index (χ3n) is 2.76. The van der Waals surface area contributed by atoms with Gasteiger partial charge in [0.1, 0.15) is 0 Å². The van der Waals surface area contributed by atoms with E-state index in [0.717, 1.165) is 11.4 Å². The summed E-state index contributed by atoms with van der Waals surface area (Å²) >= 11 is 2.41. The van der Waals surface area contributed by atoms with Crippen molar-refractivity contribution in [3.8, 4) is 0 Å². The first-order valence-electron chi connectivity index (χ1n) is 6.80.